The van der Waals surface area contributed by atoms with Crippen LogP contribution in [0.25, 0.3) is 0 Å². The van der Waals surface area contributed by atoms with E-state index in [9.17, 15) is 4.79 Å². The number of aryl methyl sites for hydroxylation is 2. The van der Waals surface area contributed by atoms with Crippen molar-refractivity contribution < 1.29 is 14.3 Å². The monoisotopic (exact) mass is 471 g/mol. The number of hydrogen-bond acceptors (Lipinski definition) is 5. The highest BCUT2D eigenvalue weighted by Crippen LogP contribution is 2.39. The molecule has 1 heterocycles. The highest BCUT2D eigenvalue weighted by Gasteiger charge is 2.35. The zero-order valence-electron chi connectivity index (χ0n) is 21.1. The Bertz CT molecular complexity index is 1220. The number of benzene rings is 3. The third-order valence-electron chi connectivity index (χ3n) is 6.37. The van der Waals surface area contributed by atoms with Gasteiger partial charge in [-0.05, 0) is 50.2 Å². The lowest BCUT2D eigenvalue weighted by Crippen LogP contribution is -2.36. The van der Waals surface area contributed by atoms with Crippen LogP contribution in [-0.2, 0) is 11.3 Å². The van der Waals surface area contributed by atoms with Crippen molar-refractivity contribution in [2.45, 2.75) is 32.9 Å². The van der Waals surface area contributed by atoms with Gasteiger partial charge in [0, 0.05) is 30.2 Å². The van der Waals surface area contributed by atoms with Gasteiger partial charge in [-0.3, -0.25) is 9.69 Å². The number of amides is 1. The fourth-order valence-corrected chi connectivity index (χ4v) is 4.54. The normalized spacial score (nSPS) is 15.3. The molecular weight excluding hydrogens is 438 g/mol. The smallest absolute Gasteiger partial charge is 0.257 e. The number of carbonyl (C=O) groups is 1. The van der Waals surface area contributed by atoms with Gasteiger partial charge in [-0.1, -0.05) is 48.0 Å². The van der Waals surface area contributed by atoms with Gasteiger partial charge in [0.15, 0.2) is 0 Å². The van der Waals surface area contributed by atoms with Gasteiger partial charge in [-0.2, -0.15) is 5.10 Å². The predicted molar refractivity (Wildman–Crippen MR) is 139 cm³/mol. The van der Waals surface area contributed by atoms with Crippen molar-refractivity contribution in [3.05, 3.63) is 94.5 Å². The molecular formula is C29H33N3O3. The molecule has 0 saturated carbocycles. The number of methoxy groups -OCH3 is 2. The molecule has 6 nitrogen and oxygen atoms in total. The van der Waals surface area contributed by atoms with Gasteiger partial charge in [0.2, 0.25) is 0 Å². The lowest BCUT2D eigenvalue weighted by atomic mass is 9.94. The van der Waals surface area contributed by atoms with Gasteiger partial charge in [0.05, 0.1) is 32.5 Å². The number of hydrogen-bond donors (Lipinski definition) is 0. The van der Waals surface area contributed by atoms with Crippen LogP contribution in [-0.4, -0.2) is 49.3 Å². The Labute approximate surface area is 207 Å². The minimum atomic E-state index is -0.261. The van der Waals surface area contributed by atoms with E-state index in [0.29, 0.717) is 24.5 Å². The molecule has 0 aromatic heterocycles. The number of likely N-dealkylation sites (N-methyl/N-ethyl adjacent to an activating group) is 1. The summed E-state index contributed by atoms with van der Waals surface area (Å²) < 4.78 is 11.1. The van der Waals surface area contributed by atoms with E-state index < -0.39 is 0 Å². The van der Waals surface area contributed by atoms with Crippen molar-refractivity contribution in [3.63, 3.8) is 0 Å². The Morgan fingerprint density at radius 3 is 2.51 bits per heavy atom. The topological polar surface area (TPSA) is 54.4 Å². The first kappa shape index (κ1) is 24.5. The van der Waals surface area contributed by atoms with E-state index in [1.54, 1.807) is 19.2 Å². The summed E-state index contributed by atoms with van der Waals surface area (Å²) in [7, 11) is 5.23. The van der Waals surface area contributed by atoms with E-state index in [2.05, 4.69) is 44.2 Å². The number of carbonyl (C=O) groups excluding carboxylic acids is 1. The quantitative estimate of drug-likeness (QED) is 0.457. The Morgan fingerprint density at radius 1 is 1.03 bits per heavy atom. The molecule has 3 aromatic rings. The summed E-state index contributed by atoms with van der Waals surface area (Å²) in [5, 5.41) is 6.52. The summed E-state index contributed by atoms with van der Waals surface area (Å²) in [6.45, 7) is 5.10. The summed E-state index contributed by atoms with van der Waals surface area (Å²) in [6.07, 6.45) is 0.612. The zero-order chi connectivity index (χ0) is 24.9. The summed E-state index contributed by atoms with van der Waals surface area (Å²) in [4.78, 5) is 15.6. The van der Waals surface area contributed by atoms with Crippen molar-refractivity contribution in [1.29, 1.82) is 0 Å². The minimum Gasteiger partial charge on any atom is -0.497 e. The van der Waals surface area contributed by atoms with Gasteiger partial charge < -0.3 is 9.47 Å². The van der Waals surface area contributed by atoms with E-state index in [1.165, 1.54) is 5.56 Å². The van der Waals surface area contributed by atoms with E-state index in [1.807, 2.05) is 48.3 Å². The molecule has 0 unspecified atom stereocenters. The average Bonchev–Trinajstić information content (AvgIpc) is 3.30. The fraction of sp³-hybridized carbons (Fsp3) is 0.310. The molecule has 4 rings (SSSR count). The molecule has 0 aliphatic carbocycles. The van der Waals surface area contributed by atoms with Crippen molar-refractivity contribution in [1.82, 2.24) is 9.91 Å². The Morgan fingerprint density at radius 2 is 1.80 bits per heavy atom. The molecule has 0 bridgehead atoms. The molecule has 0 fully saturated rings. The van der Waals surface area contributed by atoms with Crippen LogP contribution >= 0.6 is 0 Å². The predicted octanol–water partition coefficient (Wildman–Crippen LogP) is 5.13. The molecule has 0 spiro atoms. The summed E-state index contributed by atoms with van der Waals surface area (Å²) in [5.41, 5.74) is 6.38. The van der Waals surface area contributed by atoms with Crippen LogP contribution in [0.15, 0.2) is 71.8 Å². The fourth-order valence-electron chi connectivity index (χ4n) is 4.54. The molecule has 1 atom stereocenters. The molecule has 6 heteroatoms. The highest BCUT2D eigenvalue weighted by molar-refractivity contribution is 6.04. The molecule has 1 aliphatic heterocycles. The number of ether oxygens (including phenoxy) is 2. The van der Waals surface area contributed by atoms with Crippen LogP contribution in [0.5, 0.6) is 11.5 Å². The molecule has 1 aliphatic rings. The van der Waals surface area contributed by atoms with Crippen LogP contribution in [0.4, 0.5) is 0 Å². The van der Waals surface area contributed by atoms with E-state index >= 15 is 0 Å². The average molecular weight is 472 g/mol. The number of nitrogens with zero attached hydrogens (tertiary/aromatic N) is 3. The maximum absolute atomic E-state index is 13.6. The molecule has 0 N–H and O–H groups in total. The van der Waals surface area contributed by atoms with Crippen LogP contribution < -0.4 is 9.47 Å². The summed E-state index contributed by atoms with van der Waals surface area (Å²) in [5.74, 6) is 1.34. The Balaban J connectivity index is 1.66. The Hall–Kier alpha value is -3.64. The molecule has 35 heavy (non-hydrogen) atoms. The largest absolute Gasteiger partial charge is 0.497 e. The summed E-state index contributed by atoms with van der Waals surface area (Å²) in [6, 6.07) is 22.0. The zero-order valence-corrected chi connectivity index (χ0v) is 21.1. The minimum absolute atomic E-state index is 0.0494. The first-order valence-electron chi connectivity index (χ1n) is 11.8. The van der Waals surface area contributed by atoms with Gasteiger partial charge in [0.1, 0.15) is 11.5 Å². The lowest BCUT2D eigenvalue weighted by Gasteiger charge is -2.26. The van der Waals surface area contributed by atoms with Crippen molar-refractivity contribution in [2.75, 3.05) is 27.8 Å². The van der Waals surface area contributed by atoms with Crippen LogP contribution in [0.3, 0.4) is 0 Å². The number of rotatable bonds is 8. The highest BCUT2D eigenvalue weighted by atomic mass is 16.5. The second kappa shape index (κ2) is 10.7. The van der Waals surface area contributed by atoms with Gasteiger partial charge in [0.25, 0.3) is 5.91 Å². The Kier molecular flexibility index (Phi) is 7.51. The first-order chi connectivity index (χ1) is 16.9. The van der Waals surface area contributed by atoms with Crippen LogP contribution in [0, 0.1) is 13.8 Å². The molecule has 1 amide bonds. The van der Waals surface area contributed by atoms with Gasteiger partial charge >= 0.3 is 0 Å². The second-order valence-electron chi connectivity index (χ2n) is 9.09. The summed E-state index contributed by atoms with van der Waals surface area (Å²) >= 11 is 0. The second-order valence-corrected chi connectivity index (χ2v) is 9.09. The molecule has 0 radical (unpaired) electrons. The third-order valence-corrected chi connectivity index (χ3v) is 6.37. The van der Waals surface area contributed by atoms with Crippen molar-refractivity contribution in [2.24, 2.45) is 5.10 Å². The first-order valence-corrected chi connectivity index (χ1v) is 11.8. The third kappa shape index (κ3) is 5.54. The van der Waals surface area contributed by atoms with Crippen LogP contribution in [0.1, 0.15) is 40.3 Å². The number of hydrazone groups is 1. The van der Waals surface area contributed by atoms with Crippen molar-refractivity contribution in [3.8, 4) is 11.5 Å². The van der Waals surface area contributed by atoms with Gasteiger partial charge in [-0.15, -0.1) is 0 Å². The SMILES string of the molecule is COc1ccc([C@@H]2CC(c3cc(C)ccc3C)=NN2C(=O)CN(C)Cc2ccccc2)c(OC)c1. The van der Waals surface area contributed by atoms with E-state index in [4.69, 9.17) is 14.6 Å². The van der Waals surface area contributed by atoms with Gasteiger partial charge in [-0.25, -0.2) is 5.01 Å². The molecule has 0 saturated heterocycles. The van der Waals surface area contributed by atoms with Crippen LogP contribution in [0.2, 0.25) is 0 Å². The van der Waals surface area contributed by atoms with E-state index in [0.717, 1.165) is 28.0 Å². The maximum Gasteiger partial charge on any atom is 0.257 e. The maximum atomic E-state index is 13.6. The standard InChI is InChI=1S/C29H33N3O3/c1-20-11-12-21(2)25(15-20)26-17-27(24-14-13-23(34-4)16-28(24)35-5)32(30-26)29(33)19-31(3)18-22-9-7-6-8-10-22/h6-16,27H,17-19H2,1-5H3/t27-/m0/s1. The lowest BCUT2D eigenvalue weighted by molar-refractivity contribution is -0.134. The molecule has 182 valence electrons. The van der Waals surface area contributed by atoms with Crippen molar-refractivity contribution >= 4 is 11.6 Å². The molecule has 3 aromatic carbocycles. The van der Waals surface area contributed by atoms with E-state index in [-0.39, 0.29) is 18.5 Å².